The predicted octanol–water partition coefficient (Wildman–Crippen LogP) is 1.74. The molecule has 3 N–H and O–H groups in total. The first-order chi connectivity index (χ1) is 8.03. The molecule has 2 amide bonds. The topological polar surface area (TPSA) is 78.4 Å². The lowest BCUT2D eigenvalue weighted by atomic mass is 10.1. The first-order valence-electron chi connectivity index (χ1n) is 5.39. The van der Waals surface area contributed by atoms with Gasteiger partial charge < -0.3 is 15.7 Å². The van der Waals surface area contributed by atoms with E-state index in [0.29, 0.717) is 0 Å². The molecule has 0 aliphatic heterocycles. The Hall–Kier alpha value is -1.47. The van der Waals surface area contributed by atoms with Crippen LogP contribution in [0, 0.1) is 5.92 Å². The van der Waals surface area contributed by atoms with Crippen LogP contribution < -0.4 is 10.6 Å². The molecule has 0 saturated heterocycles. The van der Waals surface area contributed by atoms with Gasteiger partial charge in [-0.05, 0) is 12.8 Å². The Morgan fingerprint density at radius 3 is 2.00 bits per heavy atom. The second-order valence-corrected chi connectivity index (χ2v) is 4.40. The Labute approximate surface area is 103 Å². The minimum atomic E-state index is -4.38. The Kier molecular flexibility index (Phi) is 5.93. The van der Waals surface area contributed by atoms with E-state index >= 15 is 0 Å². The van der Waals surface area contributed by atoms with Crippen LogP contribution in [0.2, 0.25) is 0 Å². The molecule has 5 nitrogen and oxygen atoms in total. The number of aliphatic carboxylic acids is 1. The van der Waals surface area contributed by atoms with Crippen molar-refractivity contribution in [2.75, 3.05) is 0 Å². The summed E-state index contributed by atoms with van der Waals surface area (Å²) in [5.41, 5.74) is 0. The molecule has 2 unspecified atom stereocenters. The van der Waals surface area contributed by atoms with Gasteiger partial charge in [0.15, 0.2) is 0 Å². The maximum Gasteiger partial charge on any atom is 0.391 e. The number of halogens is 3. The number of rotatable bonds is 5. The van der Waals surface area contributed by atoms with Crippen LogP contribution in [0.3, 0.4) is 0 Å². The summed E-state index contributed by atoms with van der Waals surface area (Å²) in [4.78, 5) is 22.1. The van der Waals surface area contributed by atoms with Gasteiger partial charge in [0.05, 0.1) is 6.42 Å². The van der Waals surface area contributed by atoms with E-state index in [4.69, 9.17) is 5.11 Å². The summed E-state index contributed by atoms with van der Waals surface area (Å²) in [7, 11) is 0. The molecular weight excluding hydrogens is 253 g/mol. The average Bonchev–Trinajstić information content (AvgIpc) is 2.09. The third-order valence-electron chi connectivity index (χ3n) is 2.13. The number of urea groups is 1. The number of carbonyl (C=O) groups is 2. The van der Waals surface area contributed by atoms with Crippen molar-refractivity contribution in [1.29, 1.82) is 0 Å². The summed E-state index contributed by atoms with van der Waals surface area (Å²) < 4.78 is 36.0. The van der Waals surface area contributed by atoms with Gasteiger partial charge in [0.1, 0.15) is 6.04 Å². The lowest BCUT2D eigenvalue weighted by Crippen LogP contribution is -2.51. The van der Waals surface area contributed by atoms with Crippen LogP contribution in [-0.2, 0) is 4.79 Å². The second-order valence-electron chi connectivity index (χ2n) is 4.40. The van der Waals surface area contributed by atoms with E-state index < -0.39 is 36.7 Å². The molecule has 0 aromatic heterocycles. The first-order valence-corrected chi connectivity index (χ1v) is 5.39. The van der Waals surface area contributed by atoms with Crippen molar-refractivity contribution in [2.24, 2.45) is 5.92 Å². The minimum absolute atomic E-state index is 0.369. The summed E-state index contributed by atoms with van der Waals surface area (Å²) in [6.45, 7) is 4.36. The largest absolute Gasteiger partial charge is 0.480 e. The van der Waals surface area contributed by atoms with Crippen LogP contribution in [0.1, 0.15) is 27.2 Å². The Morgan fingerprint density at radius 2 is 1.67 bits per heavy atom. The van der Waals surface area contributed by atoms with E-state index in [9.17, 15) is 22.8 Å². The van der Waals surface area contributed by atoms with Crippen LogP contribution in [0.5, 0.6) is 0 Å². The van der Waals surface area contributed by atoms with Crippen molar-refractivity contribution in [3.05, 3.63) is 0 Å². The molecule has 8 heteroatoms. The monoisotopic (exact) mass is 270 g/mol. The Balaban J connectivity index is 4.29. The predicted molar refractivity (Wildman–Crippen MR) is 58.1 cm³/mol. The van der Waals surface area contributed by atoms with E-state index in [0.717, 1.165) is 0 Å². The lowest BCUT2D eigenvalue weighted by Gasteiger charge is -2.21. The molecule has 0 aromatic carbocycles. The molecule has 0 heterocycles. The van der Waals surface area contributed by atoms with E-state index in [1.54, 1.807) is 13.8 Å². The molecule has 2 atom stereocenters. The van der Waals surface area contributed by atoms with Crippen LogP contribution in [0.15, 0.2) is 0 Å². The van der Waals surface area contributed by atoms with Gasteiger partial charge in [-0.2, -0.15) is 13.2 Å². The molecule has 0 spiro atoms. The average molecular weight is 270 g/mol. The lowest BCUT2D eigenvalue weighted by molar-refractivity contribution is -0.141. The van der Waals surface area contributed by atoms with Crippen molar-refractivity contribution < 1.29 is 27.9 Å². The van der Waals surface area contributed by atoms with E-state index in [2.05, 4.69) is 5.32 Å². The SMILES string of the molecule is CC(CC(F)(F)F)NC(=O)NC(C(=O)O)C(C)C. The van der Waals surface area contributed by atoms with Gasteiger partial charge in [-0.15, -0.1) is 0 Å². The van der Waals surface area contributed by atoms with Gasteiger partial charge in [0, 0.05) is 6.04 Å². The van der Waals surface area contributed by atoms with Crippen LogP contribution in [0.25, 0.3) is 0 Å². The van der Waals surface area contributed by atoms with E-state index in [-0.39, 0.29) is 5.92 Å². The van der Waals surface area contributed by atoms with Gasteiger partial charge in [-0.3, -0.25) is 0 Å². The van der Waals surface area contributed by atoms with Crippen LogP contribution >= 0.6 is 0 Å². The summed E-state index contributed by atoms with van der Waals surface area (Å²) in [5.74, 6) is -1.60. The smallest absolute Gasteiger partial charge is 0.391 e. The van der Waals surface area contributed by atoms with Crippen molar-refractivity contribution >= 4 is 12.0 Å². The molecule has 18 heavy (non-hydrogen) atoms. The molecule has 106 valence electrons. The van der Waals surface area contributed by atoms with Crippen molar-refractivity contribution in [3.63, 3.8) is 0 Å². The quantitative estimate of drug-likeness (QED) is 0.712. The Morgan fingerprint density at radius 1 is 1.17 bits per heavy atom. The van der Waals surface area contributed by atoms with Crippen molar-refractivity contribution in [3.8, 4) is 0 Å². The van der Waals surface area contributed by atoms with Crippen LogP contribution in [0.4, 0.5) is 18.0 Å². The fourth-order valence-corrected chi connectivity index (χ4v) is 1.32. The third-order valence-corrected chi connectivity index (χ3v) is 2.13. The highest BCUT2D eigenvalue weighted by Crippen LogP contribution is 2.21. The number of carboxylic acids is 1. The van der Waals surface area contributed by atoms with Gasteiger partial charge in [0.25, 0.3) is 0 Å². The van der Waals surface area contributed by atoms with Crippen molar-refractivity contribution in [2.45, 2.75) is 45.5 Å². The number of alkyl halides is 3. The van der Waals surface area contributed by atoms with E-state index in [1.807, 2.05) is 5.32 Å². The number of hydrogen-bond acceptors (Lipinski definition) is 2. The van der Waals surface area contributed by atoms with Gasteiger partial charge in [0.2, 0.25) is 0 Å². The highest BCUT2D eigenvalue weighted by Gasteiger charge is 2.31. The zero-order valence-electron chi connectivity index (χ0n) is 10.3. The fraction of sp³-hybridized carbons (Fsp3) is 0.800. The molecule has 0 fully saturated rings. The number of nitrogens with one attached hydrogen (secondary N) is 2. The molecule has 0 aliphatic rings. The summed E-state index contributed by atoms with van der Waals surface area (Å²) >= 11 is 0. The standard InChI is InChI=1S/C10H17F3N2O3/c1-5(2)7(8(16)17)15-9(18)14-6(3)4-10(11,12)13/h5-7H,4H2,1-3H3,(H,16,17)(H2,14,15,18). The second kappa shape index (κ2) is 6.46. The molecule has 0 saturated carbocycles. The number of carbonyl (C=O) groups excluding carboxylic acids is 1. The molecule has 0 bridgehead atoms. The van der Waals surface area contributed by atoms with Gasteiger partial charge in [-0.1, -0.05) is 13.8 Å². The minimum Gasteiger partial charge on any atom is -0.480 e. The molecule has 0 aromatic rings. The summed E-state index contributed by atoms with van der Waals surface area (Å²) in [5, 5.41) is 12.9. The molecule has 0 radical (unpaired) electrons. The zero-order valence-corrected chi connectivity index (χ0v) is 10.3. The van der Waals surface area contributed by atoms with E-state index in [1.165, 1.54) is 6.92 Å². The van der Waals surface area contributed by atoms with Crippen molar-refractivity contribution in [1.82, 2.24) is 10.6 Å². The van der Waals surface area contributed by atoms with Crippen LogP contribution in [-0.4, -0.2) is 35.4 Å². The molecular formula is C10H17F3N2O3. The summed E-state index contributed by atoms with van der Waals surface area (Å²) in [6, 6.07) is -3.18. The number of carboxylic acid groups (broad SMARTS) is 1. The normalized spacial score (nSPS) is 15.1. The summed E-state index contributed by atoms with van der Waals surface area (Å²) in [6.07, 6.45) is -5.54. The first kappa shape index (κ1) is 16.5. The Bertz CT molecular complexity index is 305. The maximum atomic E-state index is 12.0. The highest BCUT2D eigenvalue weighted by atomic mass is 19.4. The fourth-order valence-electron chi connectivity index (χ4n) is 1.32. The van der Waals surface area contributed by atoms with Gasteiger partial charge >= 0.3 is 18.2 Å². The van der Waals surface area contributed by atoms with Gasteiger partial charge in [-0.25, -0.2) is 9.59 Å². The number of hydrogen-bond donors (Lipinski definition) is 3. The molecule has 0 rings (SSSR count). The maximum absolute atomic E-state index is 12.0. The molecule has 0 aliphatic carbocycles. The number of amides is 2. The zero-order chi connectivity index (χ0) is 14.5. The highest BCUT2D eigenvalue weighted by molar-refractivity contribution is 5.82. The third kappa shape index (κ3) is 6.97.